The van der Waals surface area contributed by atoms with E-state index >= 15 is 0 Å². The Balaban J connectivity index is 0.00000222. The van der Waals surface area contributed by atoms with Crippen LogP contribution >= 0.6 is 35.1 Å². The summed E-state index contributed by atoms with van der Waals surface area (Å²) >= 11 is 13.5. The fraction of sp³-hybridized carbons (Fsp3) is 0.231. The fourth-order valence-electron chi connectivity index (χ4n) is 2.97. The molecule has 0 aliphatic heterocycles. The molecule has 0 saturated carbocycles. The smallest absolute Gasteiger partial charge is 0.307 e. The Labute approximate surface area is 225 Å². The molecular formula is C26H28Cl2N2O5S. The summed E-state index contributed by atoms with van der Waals surface area (Å²) in [7, 11) is 1.47. The molecule has 3 aromatic rings. The molecule has 10 heteroatoms. The standard InChI is InChI=1S/C24H22Cl2N2O5S.C2H6/c1-3-27-24(31)15-5-8-19(18(12-15)28-34-22-9-6-16(25)13-17(22)26)33-20-7-4-14(11-23(29)30)10-21(20)32-2;1-2/h4-10,12-13,28H,3,11H2,1-2H3,(H,27,31)(H,29,30);1-2H3. The van der Waals surface area contributed by atoms with Crippen LogP contribution in [-0.4, -0.2) is 30.6 Å². The summed E-state index contributed by atoms with van der Waals surface area (Å²) in [5, 5.41) is 12.8. The van der Waals surface area contributed by atoms with Crippen LogP contribution in [0.4, 0.5) is 5.69 Å². The van der Waals surface area contributed by atoms with E-state index in [0.717, 1.165) is 4.90 Å². The van der Waals surface area contributed by atoms with Gasteiger partial charge in [0.05, 0.1) is 24.2 Å². The number of hydrogen-bond acceptors (Lipinski definition) is 6. The van der Waals surface area contributed by atoms with Crippen molar-refractivity contribution in [1.29, 1.82) is 0 Å². The molecule has 36 heavy (non-hydrogen) atoms. The zero-order valence-electron chi connectivity index (χ0n) is 20.4. The SMILES string of the molecule is CC.CCNC(=O)c1ccc(Oc2ccc(CC(=O)O)cc2OC)c(NSc2ccc(Cl)cc2Cl)c1. The second-order valence-electron chi connectivity index (χ2n) is 7.01. The van der Waals surface area contributed by atoms with Crippen molar-refractivity contribution in [2.75, 3.05) is 18.4 Å². The molecule has 0 aromatic heterocycles. The van der Waals surface area contributed by atoms with E-state index in [1.807, 2.05) is 20.8 Å². The monoisotopic (exact) mass is 550 g/mol. The molecule has 0 aliphatic carbocycles. The highest BCUT2D eigenvalue weighted by molar-refractivity contribution is 8.00. The maximum absolute atomic E-state index is 12.4. The number of rotatable bonds is 10. The predicted octanol–water partition coefficient (Wildman–Crippen LogP) is 7.32. The molecule has 0 fully saturated rings. The van der Waals surface area contributed by atoms with E-state index in [1.165, 1.54) is 19.1 Å². The normalized spacial score (nSPS) is 10.1. The van der Waals surface area contributed by atoms with Crippen LogP contribution in [0.3, 0.4) is 0 Å². The van der Waals surface area contributed by atoms with Crippen molar-refractivity contribution in [2.45, 2.75) is 32.1 Å². The van der Waals surface area contributed by atoms with Crippen LogP contribution in [0.15, 0.2) is 59.5 Å². The number of aliphatic carboxylic acids is 1. The summed E-state index contributed by atoms with van der Waals surface area (Å²) in [6.45, 7) is 6.34. The molecule has 192 valence electrons. The lowest BCUT2D eigenvalue weighted by Gasteiger charge is -2.16. The quantitative estimate of drug-likeness (QED) is 0.227. The Morgan fingerprint density at radius 1 is 0.972 bits per heavy atom. The van der Waals surface area contributed by atoms with Crippen LogP contribution in [0.2, 0.25) is 10.0 Å². The van der Waals surface area contributed by atoms with Gasteiger partial charge in [0.15, 0.2) is 17.2 Å². The molecule has 0 spiro atoms. The van der Waals surface area contributed by atoms with Crippen LogP contribution in [0.1, 0.15) is 36.7 Å². The summed E-state index contributed by atoms with van der Waals surface area (Å²) in [6, 6.07) is 15.0. The third kappa shape index (κ3) is 8.26. The Kier molecular flexibility index (Phi) is 11.7. The number of nitrogens with one attached hydrogen (secondary N) is 2. The minimum Gasteiger partial charge on any atom is -0.493 e. The predicted molar refractivity (Wildman–Crippen MR) is 146 cm³/mol. The second-order valence-corrected chi connectivity index (χ2v) is 8.70. The number of methoxy groups -OCH3 is 1. The van der Waals surface area contributed by atoms with Crippen molar-refractivity contribution in [3.8, 4) is 17.2 Å². The molecule has 0 radical (unpaired) electrons. The van der Waals surface area contributed by atoms with Gasteiger partial charge in [0, 0.05) is 22.0 Å². The zero-order chi connectivity index (χ0) is 26.7. The van der Waals surface area contributed by atoms with E-state index in [9.17, 15) is 9.59 Å². The molecular weight excluding hydrogens is 523 g/mol. The average Bonchev–Trinajstić information content (AvgIpc) is 2.86. The third-order valence-electron chi connectivity index (χ3n) is 4.55. The van der Waals surface area contributed by atoms with E-state index in [0.29, 0.717) is 50.7 Å². The van der Waals surface area contributed by atoms with E-state index in [1.54, 1.807) is 54.6 Å². The molecule has 0 saturated heterocycles. The highest BCUT2D eigenvalue weighted by atomic mass is 35.5. The number of amides is 1. The third-order valence-corrected chi connectivity index (χ3v) is 6.11. The molecule has 3 aromatic carbocycles. The number of halogens is 2. The van der Waals surface area contributed by atoms with E-state index in [2.05, 4.69) is 10.0 Å². The summed E-state index contributed by atoms with van der Waals surface area (Å²) in [4.78, 5) is 24.1. The Bertz CT molecular complexity index is 1210. The summed E-state index contributed by atoms with van der Waals surface area (Å²) in [6.07, 6.45) is -0.136. The fourth-order valence-corrected chi connectivity index (χ4v) is 4.17. The largest absolute Gasteiger partial charge is 0.493 e. The van der Waals surface area contributed by atoms with E-state index in [4.69, 9.17) is 37.8 Å². The maximum Gasteiger partial charge on any atom is 0.307 e. The first-order valence-corrected chi connectivity index (χ1v) is 12.7. The molecule has 7 nitrogen and oxygen atoms in total. The van der Waals surface area contributed by atoms with Gasteiger partial charge >= 0.3 is 5.97 Å². The first-order valence-electron chi connectivity index (χ1n) is 11.2. The first kappa shape index (κ1) is 29.2. The lowest BCUT2D eigenvalue weighted by atomic mass is 10.1. The lowest BCUT2D eigenvalue weighted by Crippen LogP contribution is -2.22. The second kappa shape index (κ2) is 14.5. The number of ether oxygens (including phenoxy) is 2. The van der Waals surface area contributed by atoms with Gasteiger partial charge in [-0.3, -0.25) is 9.59 Å². The number of benzene rings is 3. The maximum atomic E-state index is 12.4. The Morgan fingerprint density at radius 2 is 1.69 bits per heavy atom. The van der Waals surface area contributed by atoms with Gasteiger partial charge < -0.3 is 24.6 Å². The molecule has 0 bridgehead atoms. The number of anilines is 1. The van der Waals surface area contributed by atoms with Crippen molar-refractivity contribution >= 4 is 52.7 Å². The number of carbonyl (C=O) groups excluding carboxylic acids is 1. The van der Waals surface area contributed by atoms with E-state index in [-0.39, 0.29) is 12.3 Å². The van der Waals surface area contributed by atoms with Crippen LogP contribution in [-0.2, 0) is 11.2 Å². The summed E-state index contributed by atoms with van der Waals surface area (Å²) in [5.74, 6) is 0.0315. The molecule has 1 amide bonds. The van der Waals surface area contributed by atoms with Crippen molar-refractivity contribution in [1.82, 2.24) is 5.32 Å². The summed E-state index contributed by atoms with van der Waals surface area (Å²) < 4.78 is 14.7. The number of hydrogen-bond donors (Lipinski definition) is 3. The minimum absolute atomic E-state index is 0.136. The minimum atomic E-state index is -0.943. The van der Waals surface area contributed by atoms with Crippen molar-refractivity contribution < 1.29 is 24.2 Å². The summed E-state index contributed by atoms with van der Waals surface area (Å²) in [5.41, 5.74) is 1.55. The number of carbonyl (C=O) groups is 2. The van der Waals surface area contributed by atoms with Crippen LogP contribution < -0.4 is 19.5 Å². The van der Waals surface area contributed by atoms with Crippen molar-refractivity contribution in [3.05, 3.63) is 75.8 Å². The highest BCUT2D eigenvalue weighted by Gasteiger charge is 2.15. The van der Waals surface area contributed by atoms with Crippen LogP contribution in [0, 0.1) is 0 Å². The van der Waals surface area contributed by atoms with Crippen LogP contribution in [0.5, 0.6) is 17.2 Å². The zero-order valence-corrected chi connectivity index (χ0v) is 22.7. The van der Waals surface area contributed by atoms with Gasteiger partial charge in [-0.25, -0.2) is 0 Å². The molecule has 3 N–H and O–H groups in total. The Hall–Kier alpha value is -3.07. The topological polar surface area (TPSA) is 96.9 Å². The van der Waals surface area contributed by atoms with Gasteiger partial charge in [0.25, 0.3) is 5.91 Å². The number of carboxylic acid groups (broad SMARTS) is 1. The molecule has 0 atom stereocenters. The first-order chi connectivity index (χ1) is 17.3. The van der Waals surface area contributed by atoms with Gasteiger partial charge in [0.2, 0.25) is 0 Å². The van der Waals surface area contributed by atoms with E-state index < -0.39 is 5.97 Å². The van der Waals surface area contributed by atoms with Gasteiger partial charge in [-0.15, -0.1) is 0 Å². The van der Waals surface area contributed by atoms with Crippen molar-refractivity contribution in [2.24, 2.45) is 0 Å². The molecule has 0 aliphatic rings. The molecule has 0 unspecified atom stereocenters. The van der Waals surface area contributed by atoms with Gasteiger partial charge in [-0.05, 0) is 73.0 Å². The average molecular weight is 551 g/mol. The molecule has 0 heterocycles. The highest BCUT2D eigenvalue weighted by Crippen LogP contribution is 2.39. The number of carboxylic acids is 1. The van der Waals surface area contributed by atoms with Crippen molar-refractivity contribution in [3.63, 3.8) is 0 Å². The van der Waals surface area contributed by atoms with Crippen LogP contribution in [0.25, 0.3) is 0 Å². The van der Waals surface area contributed by atoms with Gasteiger partial charge in [-0.1, -0.05) is 43.1 Å². The lowest BCUT2D eigenvalue weighted by molar-refractivity contribution is -0.136. The Morgan fingerprint density at radius 3 is 2.33 bits per heavy atom. The van der Waals surface area contributed by atoms with Gasteiger partial charge in [-0.2, -0.15) is 0 Å². The van der Waals surface area contributed by atoms with Gasteiger partial charge in [0.1, 0.15) is 0 Å². The molecule has 3 rings (SSSR count).